The smallest absolute Gasteiger partial charge is 0.260 e. The van der Waals surface area contributed by atoms with Crippen LogP contribution in [0.25, 0.3) is 33.4 Å². The third-order valence-electron chi connectivity index (χ3n) is 6.43. The van der Waals surface area contributed by atoms with Gasteiger partial charge in [0.15, 0.2) is 6.29 Å². The first-order chi connectivity index (χ1) is 18.4. The van der Waals surface area contributed by atoms with Crippen LogP contribution in [-0.2, 0) is 20.8 Å². The van der Waals surface area contributed by atoms with Crippen molar-refractivity contribution < 1.29 is 14.2 Å². The minimum Gasteiger partial charge on any atom is -0.377 e. The Bertz CT molecular complexity index is 1550. The summed E-state index contributed by atoms with van der Waals surface area (Å²) >= 11 is 6.73. The normalized spacial score (nSPS) is 19.9. The minimum atomic E-state index is -0.643. The number of rotatable bonds is 6. The number of benzene rings is 1. The van der Waals surface area contributed by atoms with E-state index in [2.05, 4.69) is 25.3 Å². The quantitative estimate of drug-likeness (QED) is 0.378. The first-order valence-corrected chi connectivity index (χ1v) is 12.6. The summed E-state index contributed by atoms with van der Waals surface area (Å²) in [6.45, 7) is 3.86. The predicted molar refractivity (Wildman–Crippen MR) is 142 cm³/mol. The Labute approximate surface area is 223 Å². The molecular weight excluding hydrogens is 510 g/mol. The summed E-state index contributed by atoms with van der Waals surface area (Å²) in [6, 6.07) is 7.16. The summed E-state index contributed by atoms with van der Waals surface area (Å²) in [5.41, 5.74) is 9.37. The van der Waals surface area contributed by atoms with Crippen LogP contribution >= 0.6 is 11.6 Å². The van der Waals surface area contributed by atoms with Gasteiger partial charge in [0.1, 0.15) is 5.65 Å². The molecule has 2 fully saturated rings. The fraction of sp³-hybridized carbons (Fsp3) is 0.346. The fourth-order valence-corrected chi connectivity index (χ4v) is 4.68. The lowest BCUT2D eigenvalue weighted by Gasteiger charge is -2.28. The Morgan fingerprint density at radius 1 is 1.08 bits per heavy atom. The molecule has 3 aromatic heterocycles. The van der Waals surface area contributed by atoms with Crippen molar-refractivity contribution in [1.29, 1.82) is 0 Å². The van der Waals surface area contributed by atoms with E-state index in [4.69, 9.17) is 31.5 Å². The predicted octanol–water partition coefficient (Wildman–Crippen LogP) is 2.39. The van der Waals surface area contributed by atoms with Gasteiger partial charge in [-0.3, -0.25) is 14.3 Å². The molecule has 5 heterocycles. The summed E-state index contributed by atoms with van der Waals surface area (Å²) in [7, 11) is 0. The lowest BCUT2D eigenvalue weighted by atomic mass is 10.0. The fourth-order valence-electron chi connectivity index (χ4n) is 4.40. The van der Waals surface area contributed by atoms with Crippen LogP contribution in [0.15, 0.2) is 47.7 Å². The van der Waals surface area contributed by atoms with Gasteiger partial charge in [0.2, 0.25) is 5.95 Å². The molecular formula is C26H26ClN7O4. The molecule has 0 aliphatic carbocycles. The molecule has 12 heteroatoms. The number of ether oxygens (including phenoxy) is 3. The number of halogens is 1. The van der Waals surface area contributed by atoms with Crippen molar-refractivity contribution >= 4 is 28.6 Å². The molecule has 0 radical (unpaired) electrons. The number of hydrogen-bond acceptors (Lipinski definition) is 10. The van der Waals surface area contributed by atoms with Gasteiger partial charge in [0.25, 0.3) is 5.56 Å². The van der Waals surface area contributed by atoms with Crippen molar-refractivity contribution in [3.8, 4) is 22.4 Å². The van der Waals surface area contributed by atoms with Crippen LogP contribution in [0.2, 0.25) is 5.02 Å². The van der Waals surface area contributed by atoms with E-state index >= 15 is 0 Å². The summed E-state index contributed by atoms with van der Waals surface area (Å²) in [5.74, 6) is 0.417. The number of pyridine rings is 1. The molecule has 0 spiro atoms. The van der Waals surface area contributed by atoms with E-state index in [1.807, 2.05) is 19.1 Å². The van der Waals surface area contributed by atoms with Gasteiger partial charge in [-0.1, -0.05) is 23.7 Å². The molecule has 1 aromatic carbocycles. The lowest BCUT2D eigenvalue weighted by molar-refractivity contribution is -0.191. The Morgan fingerprint density at radius 3 is 2.61 bits per heavy atom. The van der Waals surface area contributed by atoms with Gasteiger partial charge < -0.3 is 25.3 Å². The average molecular weight is 536 g/mol. The molecule has 0 bridgehead atoms. The van der Waals surface area contributed by atoms with Crippen molar-refractivity contribution in [2.24, 2.45) is 5.73 Å². The molecule has 6 rings (SSSR count). The second kappa shape index (κ2) is 10.4. The molecule has 196 valence electrons. The molecule has 11 nitrogen and oxygen atoms in total. The van der Waals surface area contributed by atoms with E-state index < -0.39 is 6.29 Å². The largest absolute Gasteiger partial charge is 0.377 e. The summed E-state index contributed by atoms with van der Waals surface area (Å²) in [6.07, 6.45) is 4.41. The number of nitrogens with two attached hydrogens (primary N) is 1. The van der Waals surface area contributed by atoms with Crippen molar-refractivity contribution in [2.45, 2.75) is 31.8 Å². The van der Waals surface area contributed by atoms with E-state index in [0.29, 0.717) is 65.3 Å². The number of anilines is 1. The zero-order valence-electron chi connectivity index (χ0n) is 20.6. The topological polar surface area (TPSA) is 139 Å². The van der Waals surface area contributed by atoms with E-state index in [1.54, 1.807) is 35.3 Å². The highest BCUT2D eigenvalue weighted by molar-refractivity contribution is 6.33. The Balaban J connectivity index is 1.43. The molecule has 38 heavy (non-hydrogen) atoms. The van der Waals surface area contributed by atoms with Crippen LogP contribution in [0, 0.1) is 6.92 Å². The van der Waals surface area contributed by atoms with E-state index in [9.17, 15) is 4.79 Å². The molecule has 2 aliphatic heterocycles. The maximum absolute atomic E-state index is 13.9. The number of nitrogens with zero attached hydrogens (tertiary/aromatic N) is 5. The van der Waals surface area contributed by atoms with Crippen molar-refractivity contribution in [1.82, 2.24) is 24.5 Å². The first-order valence-electron chi connectivity index (χ1n) is 12.3. The Kier molecular flexibility index (Phi) is 6.76. The summed E-state index contributed by atoms with van der Waals surface area (Å²) in [4.78, 5) is 31.8. The van der Waals surface area contributed by atoms with Crippen LogP contribution < -0.4 is 16.6 Å². The molecule has 0 saturated carbocycles. The second-order valence-corrected chi connectivity index (χ2v) is 9.83. The third-order valence-corrected chi connectivity index (χ3v) is 6.75. The highest BCUT2D eigenvalue weighted by Gasteiger charge is 2.24. The maximum atomic E-state index is 13.9. The number of hydrogen-bond donors (Lipinski definition) is 2. The SMILES string of the molecule is Cc1cncc(-c2ccc(-c3cc4cnc(NC5COC5)nc4n(C[C@H]4OC[C@H](N)CO4)c3=O)c(Cl)c2)n1. The Hall–Kier alpha value is -3.48. The van der Waals surface area contributed by atoms with Gasteiger partial charge in [-0.25, -0.2) is 9.97 Å². The molecule has 0 amide bonds. The number of aryl methyl sites for hydroxylation is 1. The number of aromatic nitrogens is 5. The standard InChI is InChI=1S/C26H26ClN7O4/c1-14-6-29-8-22(31-14)15-2-3-19(21(27)5-15)20-4-16-7-30-26(32-18-12-36-13-18)33-24(16)34(25(20)35)9-23-37-10-17(28)11-38-23/h2-8,17-18,23H,9-13,28H2,1H3,(H,30,32,33)/t17-,23-. The van der Waals surface area contributed by atoms with Gasteiger partial charge in [-0.05, 0) is 19.1 Å². The lowest BCUT2D eigenvalue weighted by Crippen LogP contribution is -2.43. The molecule has 3 N–H and O–H groups in total. The van der Waals surface area contributed by atoms with Gasteiger partial charge in [0.05, 0.1) is 62.6 Å². The van der Waals surface area contributed by atoms with Crippen molar-refractivity contribution in [2.75, 3.05) is 31.7 Å². The van der Waals surface area contributed by atoms with Gasteiger partial charge in [-0.2, -0.15) is 4.98 Å². The highest BCUT2D eigenvalue weighted by atomic mass is 35.5. The first kappa shape index (κ1) is 24.8. The van der Waals surface area contributed by atoms with Gasteiger partial charge >= 0.3 is 0 Å². The van der Waals surface area contributed by atoms with Crippen molar-refractivity contribution in [3.05, 3.63) is 63.9 Å². The van der Waals surface area contributed by atoms with Crippen LogP contribution in [0.1, 0.15) is 5.69 Å². The zero-order valence-corrected chi connectivity index (χ0v) is 21.4. The van der Waals surface area contributed by atoms with Crippen LogP contribution in [0.3, 0.4) is 0 Å². The number of nitrogens with one attached hydrogen (secondary N) is 1. The van der Waals surface area contributed by atoms with E-state index in [-0.39, 0.29) is 24.2 Å². The highest BCUT2D eigenvalue weighted by Crippen LogP contribution is 2.31. The molecule has 0 atom stereocenters. The van der Waals surface area contributed by atoms with Crippen molar-refractivity contribution in [3.63, 3.8) is 0 Å². The third kappa shape index (κ3) is 4.98. The maximum Gasteiger partial charge on any atom is 0.260 e. The average Bonchev–Trinajstić information content (AvgIpc) is 2.89. The summed E-state index contributed by atoms with van der Waals surface area (Å²) < 4.78 is 18.3. The Morgan fingerprint density at radius 2 is 1.89 bits per heavy atom. The van der Waals surface area contributed by atoms with Crippen LogP contribution in [0.5, 0.6) is 0 Å². The van der Waals surface area contributed by atoms with Crippen LogP contribution in [0.4, 0.5) is 5.95 Å². The number of fused-ring (bicyclic) bond motifs is 1. The molecule has 0 unspecified atom stereocenters. The monoisotopic (exact) mass is 535 g/mol. The van der Waals surface area contributed by atoms with Gasteiger partial charge in [0, 0.05) is 39.5 Å². The van der Waals surface area contributed by atoms with E-state index in [0.717, 1.165) is 11.3 Å². The molecule has 2 saturated heterocycles. The second-order valence-electron chi connectivity index (χ2n) is 9.42. The van der Waals surface area contributed by atoms with E-state index in [1.165, 1.54) is 0 Å². The summed E-state index contributed by atoms with van der Waals surface area (Å²) in [5, 5.41) is 4.32. The molecule has 4 aromatic rings. The van der Waals surface area contributed by atoms with Crippen LogP contribution in [-0.4, -0.2) is 69.3 Å². The zero-order chi connectivity index (χ0) is 26.2. The molecule has 2 aliphatic rings. The van der Waals surface area contributed by atoms with Gasteiger partial charge in [-0.15, -0.1) is 0 Å². The minimum absolute atomic E-state index is 0.132.